The maximum atomic E-state index is 14.8. The molecule has 43 heavy (non-hydrogen) atoms. The fourth-order valence-electron chi connectivity index (χ4n) is 4.23. The molecule has 11 nitrogen and oxygen atoms in total. The largest absolute Gasteiger partial charge is 0.476 e. The zero-order valence-corrected chi connectivity index (χ0v) is 23.4. The van der Waals surface area contributed by atoms with Gasteiger partial charge in [-0.25, -0.2) is 14.0 Å². The molecular formula is C31H30FN5O6. The lowest BCUT2D eigenvalue weighted by molar-refractivity contribution is -0.149. The standard InChI is InChI=1S/C31H30FN5O6/c1-3-33-16-20(13-28(38)30(40)41)29(39)19-12-26(35-17-19)27-15-23(9-10-34-27)43-22-7-8-25(24(32)14-22)37-31(42)36-21-6-4-5-18(2)11-21/h4-12,14-15,17,20,33,35H,3,13,16H2,1-2H3,(H,40,41)(H2,36,37,42)/t20-/m0/s1. The number of urea groups is 1. The third-order valence-corrected chi connectivity index (χ3v) is 6.36. The minimum atomic E-state index is -1.58. The molecule has 4 rings (SSSR count). The van der Waals surface area contributed by atoms with Crippen molar-refractivity contribution < 1.29 is 33.4 Å². The Morgan fingerprint density at radius 3 is 2.53 bits per heavy atom. The molecule has 0 spiro atoms. The summed E-state index contributed by atoms with van der Waals surface area (Å²) in [5, 5.41) is 17.1. The second-order valence-electron chi connectivity index (χ2n) is 9.67. The molecule has 1 atom stereocenters. The third-order valence-electron chi connectivity index (χ3n) is 6.36. The molecule has 0 unspecified atom stereocenters. The molecular weight excluding hydrogens is 557 g/mol. The van der Waals surface area contributed by atoms with Crippen molar-refractivity contribution in [2.24, 2.45) is 5.92 Å². The van der Waals surface area contributed by atoms with E-state index in [-0.39, 0.29) is 29.3 Å². The van der Waals surface area contributed by atoms with E-state index in [1.54, 1.807) is 36.4 Å². The second-order valence-corrected chi connectivity index (χ2v) is 9.67. The molecule has 2 heterocycles. The van der Waals surface area contributed by atoms with Crippen LogP contribution in [0.5, 0.6) is 11.5 Å². The number of aromatic amines is 1. The number of halogens is 1. The first kappa shape index (κ1) is 30.6. The third kappa shape index (κ3) is 8.33. The van der Waals surface area contributed by atoms with Crippen molar-refractivity contribution in [2.45, 2.75) is 20.3 Å². The van der Waals surface area contributed by atoms with Gasteiger partial charge in [-0.2, -0.15) is 0 Å². The number of amides is 2. The van der Waals surface area contributed by atoms with Crippen LogP contribution < -0.4 is 20.7 Å². The van der Waals surface area contributed by atoms with E-state index in [4.69, 9.17) is 9.84 Å². The Morgan fingerprint density at radius 1 is 1.02 bits per heavy atom. The molecule has 0 saturated heterocycles. The van der Waals surface area contributed by atoms with E-state index >= 15 is 0 Å². The number of aromatic nitrogens is 2. The van der Waals surface area contributed by atoms with Gasteiger partial charge in [0, 0.05) is 54.7 Å². The molecule has 0 radical (unpaired) electrons. The number of rotatable bonds is 13. The van der Waals surface area contributed by atoms with Gasteiger partial charge in [0.15, 0.2) is 5.78 Å². The fourth-order valence-corrected chi connectivity index (χ4v) is 4.23. The van der Waals surface area contributed by atoms with Crippen molar-refractivity contribution in [3.05, 3.63) is 90.0 Å². The summed E-state index contributed by atoms with van der Waals surface area (Å²) >= 11 is 0. The van der Waals surface area contributed by atoms with Crippen molar-refractivity contribution >= 4 is 34.9 Å². The number of anilines is 2. The van der Waals surface area contributed by atoms with Crippen LogP contribution in [0.1, 0.15) is 29.3 Å². The predicted molar refractivity (Wildman–Crippen MR) is 158 cm³/mol. The number of ketones is 2. The molecule has 0 aliphatic carbocycles. The first-order valence-electron chi connectivity index (χ1n) is 13.4. The molecule has 0 saturated carbocycles. The Bertz CT molecular complexity index is 1650. The van der Waals surface area contributed by atoms with Crippen LogP contribution in [-0.2, 0) is 9.59 Å². The van der Waals surface area contributed by atoms with Gasteiger partial charge in [-0.1, -0.05) is 19.1 Å². The average Bonchev–Trinajstić information content (AvgIpc) is 3.47. The van der Waals surface area contributed by atoms with Gasteiger partial charge in [-0.3, -0.25) is 14.6 Å². The zero-order chi connectivity index (χ0) is 30.9. The minimum absolute atomic E-state index is 0.0333. The highest BCUT2D eigenvalue weighted by molar-refractivity contribution is 6.33. The molecule has 2 aromatic carbocycles. The van der Waals surface area contributed by atoms with Gasteiger partial charge in [-0.05, 0) is 55.4 Å². The molecule has 0 bridgehead atoms. The fraction of sp³-hybridized carbons (Fsp3) is 0.194. The van der Waals surface area contributed by atoms with Crippen molar-refractivity contribution in [3.63, 3.8) is 0 Å². The lowest BCUT2D eigenvalue weighted by atomic mass is 9.93. The first-order valence-corrected chi connectivity index (χ1v) is 13.4. The molecule has 2 aromatic heterocycles. The van der Waals surface area contributed by atoms with E-state index in [2.05, 4.69) is 25.9 Å². The number of nitrogens with zero attached hydrogens (tertiary/aromatic N) is 1. The monoisotopic (exact) mass is 587 g/mol. The van der Waals surface area contributed by atoms with Crippen LogP contribution >= 0.6 is 0 Å². The lowest BCUT2D eigenvalue weighted by Gasteiger charge is -2.13. The number of carbonyl (C=O) groups excluding carboxylic acids is 3. The van der Waals surface area contributed by atoms with Crippen LogP contribution in [0.2, 0.25) is 0 Å². The molecule has 12 heteroatoms. The number of aliphatic carboxylic acids is 1. The van der Waals surface area contributed by atoms with Crippen molar-refractivity contribution in [3.8, 4) is 22.9 Å². The summed E-state index contributed by atoms with van der Waals surface area (Å²) in [6, 6.07) is 15.3. The summed E-state index contributed by atoms with van der Waals surface area (Å²) < 4.78 is 20.6. The maximum Gasteiger partial charge on any atom is 0.372 e. The van der Waals surface area contributed by atoms with Crippen LogP contribution in [0.4, 0.5) is 20.6 Å². The molecule has 5 N–H and O–H groups in total. The van der Waals surface area contributed by atoms with Gasteiger partial charge >= 0.3 is 12.0 Å². The number of hydrogen-bond donors (Lipinski definition) is 5. The highest BCUT2D eigenvalue weighted by Gasteiger charge is 2.26. The Morgan fingerprint density at radius 2 is 1.81 bits per heavy atom. The van der Waals surface area contributed by atoms with Gasteiger partial charge in [0.25, 0.3) is 0 Å². The lowest BCUT2D eigenvalue weighted by Crippen LogP contribution is -2.32. The minimum Gasteiger partial charge on any atom is -0.476 e. The normalized spacial score (nSPS) is 11.4. The number of hydrogen-bond acceptors (Lipinski definition) is 7. The number of benzene rings is 2. The summed E-state index contributed by atoms with van der Waals surface area (Å²) in [6.45, 7) is 4.43. The molecule has 2 amide bonds. The van der Waals surface area contributed by atoms with E-state index in [9.17, 15) is 23.6 Å². The van der Waals surface area contributed by atoms with Crippen LogP contribution in [0.3, 0.4) is 0 Å². The number of pyridine rings is 1. The quantitative estimate of drug-likeness (QED) is 0.102. The van der Waals surface area contributed by atoms with Gasteiger partial charge in [0.1, 0.15) is 17.3 Å². The zero-order valence-electron chi connectivity index (χ0n) is 23.4. The summed E-state index contributed by atoms with van der Waals surface area (Å²) in [4.78, 5) is 55.4. The number of carboxylic acids is 1. The van der Waals surface area contributed by atoms with Crippen molar-refractivity contribution in [1.82, 2.24) is 15.3 Å². The number of aryl methyl sites for hydroxylation is 1. The first-order chi connectivity index (χ1) is 20.6. The highest BCUT2D eigenvalue weighted by atomic mass is 19.1. The van der Waals surface area contributed by atoms with Gasteiger partial charge in [0.05, 0.1) is 17.1 Å². The van der Waals surface area contributed by atoms with E-state index in [1.807, 2.05) is 19.9 Å². The molecule has 0 aliphatic rings. The maximum absolute atomic E-state index is 14.8. The van der Waals surface area contributed by atoms with Crippen LogP contribution in [0.25, 0.3) is 11.4 Å². The van der Waals surface area contributed by atoms with Gasteiger partial charge < -0.3 is 30.8 Å². The average molecular weight is 588 g/mol. The number of Topliss-reactive ketones (excluding diaryl/α,β-unsaturated/α-hetero) is 2. The SMILES string of the molecule is CCNC[C@H](CC(=O)C(=O)O)C(=O)c1c[nH]c(-c2cc(Oc3ccc(NC(=O)Nc4cccc(C)c4)c(F)c3)ccn2)c1. The van der Waals surface area contributed by atoms with E-state index < -0.39 is 35.9 Å². The topological polar surface area (TPSA) is 163 Å². The predicted octanol–water partition coefficient (Wildman–Crippen LogP) is 5.41. The number of carbonyl (C=O) groups is 4. The Kier molecular flexibility index (Phi) is 9.97. The molecule has 0 fully saturated rings. The molecule has 0 aliphatic heterocycles. The number of H-pyrrole nitrogens is 1. The van der Waals surface area contributed by atoms with Crippen LogP contribution in [-0.4, -0.2) is 51.7 Å². The summed E-state index contributed by atoms with van der Waals surface area (Å²) in [5.41, 5.74) is 2.68. The number of nitrogens with one attached hydrogen (secondary N) is 4. The van der Waals surface area contributed by atoms with E-state index in [0.717, 1.165) is 11.6 Å². The van der Waals surface area contributed by atoms with Crippen LogP contribution in [0, 0.1) is 18.7 Å². The highest BCUT2D eigenvalue weighted by Crippen LogP contribution is 2.29. The second kappa shape index (κ2) is 14.0. The number of ether oxygens (including phenoxy) is 1. The van der Waals surface area contributed by atoms with Crippen molar-refractivity contribution in [2.75, 3.05) is 23.7 Å². The van der Waals surface area contributed by atoms with Gasteiger partial charge in [-0.15, -0.1) is 0 Å². The summed E-state index contributed by atoms with van der Waals surface area (Å²) in [7, 11) is 0. The summed E-state index contributed by atoms with van der Waals surface area (Å²) in [5.74, 6) is -4.05. The van der Waals surface area contributed by atoms with Gasteiger partial charge in [0.2, 0.25) is 5.78 Å². The number of carboxylic acid groups (broad SMARTS) is 1. The smallest absolute Gasteiger partial charge is 0.372 e. The molecule has 4 aromatic rings. The van der Waals surface area contributed by atoms with E-state index in [1.165, 1.54) is 24.5 Å². The Hall–Kier alpha value is -5.36. The van der Waals surface area contributed by atoms with Crippen LogP contribution in [0.15, 0.2) is 73.1 Å². The Balaban J connectivity index is 1.43. The van der Waals surface area contributed by atoms with Crippen molar-refractivity contribution in [1.29, 1.82) is 0 Å². The summed E-state index contributed by atoms with van der Waals surface area (Å²) in [6.07, 6.45) is 2.52. The van der Waals surface area contributed by atoms with E-state index in [0.29, 0.717) is 29.4 Å². The Labute approximate surface area is 246 Å². The molecule has 222 valence electrons.